The van der Waals surface area contributed by atoms with Gasteiger partial charge in [-0.2, -0.15) is 0 Å². The van der Waals surface area contributed by atoms with Crippen LogP contribution >= 0.6 is 21.6 Å². The number of aliphatic hydroxyl groups excluding tert-OH is 5. The number of rotatable bonds is 4. The van der Waals surface area contributed by atoms with Gasteiger partial charge in [-0.3, -0.25) is 9.59 Å². The SMILES string of the molecule is O=C1c2cccc3c2C(=O)[C@]2(CSSCNc4cc(ccn4)C[C@H]4CC[C@]5(CO)O[C@@H](O3)[C@H](O)[C@@]4(O)[C@@H]5O)C(O)=CC(Cc3cccc(CO)c3)=C[C@H]12. The van der Waals surface area contributed by atoms with Crippen LogP contribution in [0.1, 0.15) is 50.2 Å². The first-order valence-electron chi connectivity index (χ1n) is 17.5. The van der Waals surface area contributed by atoms with Crippen molar-refractivity contribution in [3.63, 3.8) is 0 Å². The van der Waals surface area contributed by atoms with E-state index in [0.29, 0.717) is 30.1 Å². The zero-order valence-corrected chi connectivity index (χ0v) is 30.2. The van der Waals surface area contributed by atoms with Gasteiger partial charge in [-0.1, -0.05) is 64.1 Å². The Morgan fingerprint density at radius 1 is 1.02 bits per heavy atom. The van der Waals surface area contributed by atoms with Gasteiger partial charge in [-0.25, -0.2) is 4.98 Å². The van der Waals surface area contributed by atoms with Crippen molar-refractivity contribution in [1.82, 2.24) is 4.98 Å². The predicted octanol–water partition coefficient (Wildman–Crippen LogP) is 3.52. The minimum absolute atomic E-state index is 0.0196. The minimum Gasteiger partial charge on any atom is -0.511 e. The number of nitrogens with zero attached hydrogens (tertiary/aromatic N) is 1. The van der Waals surface area contributed by atoms with Crippen LogP contribution in [0.15, 0.2) is 84.3 Å². The molecule has 2 aromatic carbocycles. The van der Waals surface area contributed by atoms with E-state index >= 15 is 4.79 Å². The highest BCUT2D eigenvalue weighted by atomic mass is 33.1. The molecule has 2 fully saturated rings. The fraction of sp³-hybridized carbons (Fsp3) is 0.410. The third kappa shape index (κ3) is 5.82. The number of benzene rings is 2. The largest absolute Gasteiger partial charge is 0.511 e. The second-order valence-corrected chi connectivity index (χ2v) is 17.0. The van der Waals surface area contributed by atoms with E-state index in [1.165, 1.54) is 39.8 Å². The number of ketones is 2. The molecule has 1 aromatic heterocycles. The summed E-state index contributed by atoms with van der Waals surface area (Å²) in [6, 6.07) is 15.5. The lowest BCUT2D eigenvalue weighted by Gasteiger charge is -2.59. The number of aromatic nitrogens is 1. The minimum atomic E-state index is -2.19. The van der Waals surface area contributed by atoms with Crippen molar-refractivity contribution in [3.8, 4) is 5.75 Å². The summed E-state index contributed by atoms with van der Waals surface area (Å²) < 4.78 is 12.4. The number of hydrogen-bond acceptors (Lipinski definition) is 14. The lowest BCUT2D eigenvalue weighted by Crippen LogP contribution is -2.78. The number of pyridine rings is 1. The van der Waals surface area contributed by atoms with E-state index in [1.54, 1.807) is 30.5 Å². The number of carbonyl (C=O) groups excluding carboxylic acids is 2. The molecule has 1 saturated heterocycles. The molecule has 278 valence electrons. The van der Waals surface area contributed by atoms with Crippen molar-refractivity contribution in [1.29, 1.82) is 0 Å². The van der Waals surface area contributed by atoms with Gasteiger partial charge in [0.15, 0.2) is 11.6 Å². The van der Waals surface area contributed by atoms with Gasteiger partial charge in [-0.05, 0) is 78.1 Å². The summed E-state index contributed by atoms with van der Waals surface area (Å²) in [5.74, 6) is -2.16. The zero-order chi connectivity index (χ0) is 37.1. The van der Waals surface area contributed by atoms with Crippen molar-refractivity contribution in [2.75, 3.05) is 23.6 Å². The number of nitrogens with one attached hydrogen (secondary N) is 1. The molecule has 3 aromatic rings. The van der Waals surface area contributed by atoms with Gasteiger partial charge in [0.25, 0.3) is 0 Å². The molecule has 3 aliphatic carbocycles. The number of ether oxygens (including phenoxy) is 2. The second kappa shape index (κ2) is 13.8. The fourth-order valence-corrected chi connectivity index (χ4v) is 11.0. The van der Waals surface area contributed by atoms with E-state index in [1.807, 2.05) is 24.3 Å². The summed E-state index contributed by atoms with van der Waals surface area (Å²) in [6.07, 6.45) is 0.786. The fourth-order valence-electron chi connectivity index (χ4n) is 8.71. The summed E-state index contributed by atoms with van der Waals surface area (Å²) in [5, 5.41) is 71.0. The van der Waals surface area contributed by atoms with Crippen LogP contribution in [-0.4, -0.2) is 95.1 Å². The van der Waals surface area contributed by atoms with Crippen LogP contribution in [0.25, 0.3) is 0 Å². The van der Waals surface area contributed by atoms with E-state index < -0.39 is 65.1 Å². The maximum absolute atomic E-state index is 15.0. The molecule has 5 aliphatic rings. The Morgan fingerprint density at radius 3 is 2.64 bits per heavy atom. The van der Waals surface area contributed by atoms with Crippen LogP contribution in [0.5, 0.6) is 5.75 Å². The van der Waals surface area contributed by atoms with Crippen molar-refractivity contribution in [3.05, 3.63) is 112 Å². The maximum atomic E-state index is 15.0. The van der Waals surface area contributed by atoms with Gasteiger partial charge in [0, 0.05) is 17.5 Å². The number of anilines is 1. The molecule has 1 spiro atoms. The smallest absolute Gasteiger partial charge is 0.229 e. The first-order valence-corrected chi connectivity index (χ1v) is 20.0. The van der Waals surface area contributed by atoms with Crippen molar-refractivity contribution in [2.45, 2.75) is 62.0 Å². The highest BCUT2D eigenvalue weighted by molar-refractivity contribution is 8.76. The molecule has 7 N–H and O–H groups in total. The number of Topliss-reactive ketones (excluding diaryl/α,β-unsaturated/α-hetero) is 2. The van der Waals surface area contributed by atoms with Gasteiger partial charge in [-0.15, -0.1) is 0 Å². The number of hydrogen-bond donors (Lipinski definition) is 7. The van der Waals surface area contributed by atoms with Gasteiger partial charge < -0.3 is 45.4 Å². The normalized spacial score (nSPS) is 33.7. The predicted molar refractivity (Wildman–Crippen MR) is 197 cm³/mol. The van der Waals surface area contributed by atoms with Gasteiger partial charge >= 0.3 is 0 Å². The summed E-state index contributed by atoms with van der Waals surface area (Å²) in [7, 11) is 2.72. The van der Waals surface area contributed by atoms with E-state index in [-0.39, 0.29) is 47.8 Å². The topological polar surface area (TPSA) is 199 Å². The van der Waals surface area contributed by atoms with Crippen molar-refractivity contribution in [2.24, 2.45) is 17.3 Å². The van der Waals surface area contributed by atoms with Gasteiger partial charge in [0.1, 0.15) is 46.2 Å². The van der Waals surface area contributed by atoms with Crippen LogP contribution < -0.4 is 10.1 Å². The van der Waals surface area contributed by atoms with Crippen LogP contribution in [0.3, 0.4) is 0 Å². The number of allylic oxidation sites excluding steroid dienone is 4. The summed E-state index contributed by atoms with van der Waals surface area (Å²) in [4.78, 5) is 34.0. The third-order valence-electron chi connectivity index (χ3n) is 11.6. The summed E-state index contributed by atoms with van der Waals surface area (Å²) in [5.41, 5.74) is -2.60. The molecule has 0 amide bonds. The monoisotopic (exact) mass is 760 g/mol. The van der Waals surface area contributed by atoms with Crippen LogP contribution in [0.2, 0.25) is 0 Å². The van der Waals surface area contributed by atoms with Crippen molar-refractivity contribution >= 4 is 39.0 Å². The lowest BCUT2D eigenvalue weighted by atomic mass is 9.60. The molecule has 0 unspecified atom stereocenters. The van der Waals surface area contributed by atoms with Gasteiger partial charge in [0.05, 0.1) is 30.6 Å². The molecule has 14 heteroatoms. The first-order chi connectivity index (χ1) is 25.5. The molecule has 3 heterocycles. The summed E-state index contributed by atoms with van der Waals surface area (Å²) in [6.45, 7) is -0.815. The van der Waals surface area contributed by atoms with Crippen LogP contribution in [-0.2, 0) is 24.2 Å². The van der Waals surface area contributed by atoms with E-state index in [4.69, 9.17) is 9.47 Å². The molecule has 1 saturated carbocycles. The standard InChI is InChI=1S/C39H40N2O10S2/c42-17-23-4-1-3-21(11-23)12-24-14-27-32(45)26-5-2-6-28-31(26)33(46)38(27,29(44)15-24)19-52-53-20-41-30-16-22(8-10-40-30)13-25-7-9-37(18-43)36(48)39(25,49)34(47)35(50-28)51-37/h1-6,8,10-11,14-16,25,27,34-36,42-44,47-49H,7,9,12-13,17-20H2,(H,40,41)/t25-,27-,34+,35-,36-,37-,38+,39-/m1/s1. The van der Waals surface area contributed by atoms with Crippen molar-refractivity contribution < 1.29 is 49.7 Å². The Hall–Kier alpha value is -3.73. The molecule has 12 nitrogen and oxygen atoms in total. The summed E-state index contributed by atoms with van der Waals surface area (Å²) >= 11 is 0. The van der Waals surface area contributed by atoms with Crippen LogP contribution in [0.4, 0.5) is 5.82 Å². The Morgan fingerprint density at radius 2 is 1.83 bits per heavy atom. The Bertz CT molecular complexity index is 2020. The average molecular weight is 761 g/mol. The third-order valence-corrected chi connectivity index (χ3v) is 13.8. The molecule has 8 atom stereocenters. The van der Waals surface area contributed by atoms with E-state index in [2.05, 4.69) is 10.3 Å². The zero-order valence-electron chi connectivity index (χ0n) is 28.6. The Kier molecular flexibility index (Phi) is 9.47. The average Bonchev–Trinajstić information content (AvgIpc) is 3.16. The van der Waals surface area contributed by atoms with E-state index in [9.17, 15) is 35.4 Å². The lowest BCUT2D eigenvalue weighted by molar-refractivity contribution is -0.376. The number of fused-ring (bicyclic) bond motifs is 4. The molecule has 8 rings (SSSR count). The highest BCUT2D eigenvalue weighted by Crippen LogP contribution is 2.54. The molecular formula is C39H40N2O10S2. The molecule has 7 bridgehead atoms. The van der Waals surface area contributed by atoms with Crippen LogP contribution in [0, 0.1) is 17.3 Å². The highest BCUT2D eigenvalue weighted by Gasteiger charge is 2.68. The second-order valence-electron chi connectivity index (χ2n) is 14.5. The first kappa shape index (κ1) is 36.3. The quantitative estimate of drug-likeness (QED) is 0.191. The Labute approximate surface area is 313 Å². The number of carbonyl (C=O) groups is 2. The molecule has 0 radical (unpaired) electrons. The van der Waals surface area contributed by atoms with Gasteiger partial charge in [0.2, 0.25) is 6.29 Å². The molecular weight excluding hydrogens is 721 g/mol. The Balaban J connectivity index is 1.23. The van der Waals surface area contributed by atoms with E-state index in [0.717, 1.165) is 16.7 Å². The molecule has 2 aliphatic heterocycles. The molecule has 53 heavy (non-hydrogen) atoms. The number of aliphatic hydroxyl groups is 6. The maximum Gasteiger partial charge on any atom is 0.229 e.